The molecule has 1 aromatic heterocycles. The van der Waals surface area contributed by atoms with E-state index in [0.29, 0.717) is 22.6 Å². The van der Waals surface area contributed by atoms with E-state index in [4.69, 9.17) is 4.74 Å². The number of carbonyl (C=O) groups excluding carboxylic acids is 1. The van der Waals surface area contributed by atoms with Crippen molar-refractivity contribution >= 4 is 27.2 Å². The Morgan fingerprint density at radius 1 is 1.17 bits per heavy atom. The fourth-order valence-electron chi connectivity index (χ4n) is 3.47. The second-order valence-electron chi connectivity index (χ2n) is 7.80. The highest BCUT2D eigenvalue weighted by Crippen LogP contribution is 2.35. The molecule has 3 aromatic rings. The van der Waals surface area contributed by atoms with Gasteiger partial charge in [-0.1, -0.05) is 6.58 Å². The van der Waals surface area contributed by atoms with E-state index in [1.807, 2.05) is 0 Å². The highest BCUT2D eigenvalue weighted by Gasteiger charge is 2.18. The van der Waals surface area contributed by atoms with Gasteiger partial charge in [0.1, 0.15) is 11.6 Å². The van der Waals surface area contributed by atoms with Crippen molar-refractivity contribution in [2.45, 2.75) is 20.8 Å². The van der Waals surface area contributed by atoms with Crippen LogP contribution in [0.4, 0.5) is 15.8 Å². The second-order valence-corrected chi connectivity index (χ2v) is 9.81. The molecule has 0 aliphatic rings. The lowest BCUT2D eigenvalue weighted by Gasteiger charge is -2.19. The first kappa shape index (κ1) is 25.7. The number of ether oxygens (including phenoxy) is 1. The first-order valence-corrected chi connectivity index (χ1v) is 12.3. The number of nitrogens with zero attached hydrogens (tertiary/aromatic N) is 1. The summed E-state index contributed by atoms with van der Waals surface area (Å²) < 4.78 is 48.2. The second kappa shape index (κ2) is 10.1. The Balaban J connectivity index is 2.27. The lowest BCUT2D eigenvalue weighted by molar-refractivity contribution is 0.104. The van der Waals surface area contributed by atoms with Gasteiger partial charge in [-0.05, 0) is 68.3 Å². The van der Waals surface area contributed by atoms with Crippen molar-refractivity contribution in [3.8, 4) is 17.2 Å². The van der Waals surface area contributed by atoms with E-state index in [1.165, 1.54) is 55.2 Å². The molecule has 3 rings (SSSR count). The summed E-state index contributed by atoms with van der Waals surface area (Å²) in [7, 11) is -2.04. The summed E-state index contributed by atoms with van der Waals surface area (Å²) in [4.78, 5) is 25.0. The smallest absolute Gasteiger partial charge is 0.232 e. The summed E-state index contributed by atoms with van der Waals surface area (Å²) in [5, 5.41) is 2.77. The predicted molar refractivity (Wildman–Crippen MR) is 135 cm³/mol. The van der Waals surface area contributed by atoms with Gasteiger partial charge in [-0.15, -0.1) is 0 Å². The number of nitrogens with one attached hydrogen (secondary N) is 2. The Kier molecular flexibility index (Phi) is 7.45. The molecule has 0 saturated heterocycles. The third-order valence-electron chi connectivity index (χ3n) is 5.27. The van der Waals surface area contributed by atoms with Crippen molar-refractivity contribution in [3.63, 3.8) is 0 Å². The highest BCUT2D eigenvalue weighted by atomic mass is 32.2. The van der Waals surface area contributed by atoms with E-state index in [0.717, 1.165) is 6.08 Å². The van der Waals surface area contributed by atoms with Gasteiger partial charge in [0.2, 0.25) is 15.5 Å². The minimum atomic E-state index is -3.58. The van der Waals surface area contributed by atoms with Crippen molar-refractivity contribution in [3.05, 3.63) is 88.1 Å². The van der Waals surface area contributed by atoms with Gasteiger partial charge < -0.3 is 14.6 Å². The molecular weight excluding hydrogens is 473 g/mol. The topological polar surface area (TPSA) is 106 Å². The SMILES string of the molecule is C=CC(=O)c1cn(-c2cc(NS(=O)(=O)CC)ccc2Oc2c(C)cc(F)cc2C)cc(NC)c1=O. The number of rotatable bonds is 9. The molecule has 0 fully saturated rings. The molecule has 0 unspecified atom stereocenters. The zero-order valence-corrected chi connectivity index (χ0v) is 20.6. The zero-order chi connectivity index (χ0) is 25.9. The Labute approximate surface area is 203 Å². The number of anilines is 2. The highest BCUT2D eigenvalue weighted by molar-refractivity contribution is 7.92. The van der Waals surface area contributed by atoms with E-state index in [1.54, 1.807) is 19.9 Å². The maximum Gasteiger partial charge on any atom is 0.232 e. The number of allylic oxidation sites excluding steroid dienone is 1. The number of benzene rings is 2. The Bertz CT molecular complexity index is 1460. The minimum Gasteiger partial charge on any atom is -0.455 e. The average Bonchev–Trinajstić information content (AvgIpc) is 2.81. The van der Waals surface area contributed by atoms with Gasteiger partial charge in [0, 0.05) is 19.4 Å². The van der Waals surface area contributed by atoms with Gasteiger partial charge in [0.25, 0.3) is 0 Å². The van der Waals surface area contributed by atoms with Crippen molar-refractivity contribution in [1.29, 1.82) is 0 Å². The predicted octanol–water partition coefficient (Wildman–Crippen LogP) is 4.56. The summed E-state index contributed by atoms with van der Waals surface area (Å²) in [6, 6.07) is 7.27. The number of hydrogen-bond donors (Lipinski definition) is 2. The normalized spacial score (nSPS) is 11.1. The zero-order valence-electron chi connectivity index (χ0n) is 19.8. The van der Waals surface area contributed by atoms with Crippen molar-refractivity contribution in [2.75, 3.05) is 22.8 Å². The summed E-state index contributed by atoms with van der Waals surface area (Å²) >= 11 is 0. The quantitative estimate of drug-likeness (QED) is 0.330. The maximum absolute atomic E-state index is 13.8. The van der Waals surface area contributed by atoms with Crippen LogP contribution in [0.5, 0.6) is 11.5 Å². The molecule has 0 radical (unpaired) electrons. The number of aromatic nitrogens is 1. The van der Waals surface area contributed by atoms with Gasteiger partial charge in [-0.2, -0.15) is 0 Å². The molecular formula is C25H26FN3O5S. The van der Waals surface area contributed by atoms with E-state index in [9.17, 15) is 22.4 Å². The van der Waals surface area contributed by atoms with Crippen molar-refractivity contribution < 1.29 is 22.3 Å². The Morgan fingerprint density at radius 2 is 1.83 bits per heavy atom. The summed E-state index contributed by atoms with van der Waals surface area (Å²) in [6.07, 6.45) is 3.83. The van der Waals surface area contributed by atoms with Crippen LogP contribution in [-0.2, 0) is 10.0 Å². The van der Waals surface area contributed by atoms with Crippen LogP contribution < -0.4 is 20.2 Å². The minimum absolute atomic E-state index is 0.130. The van der Waals surface area contributed by atoms with E-state index < -0.39 is 27.1 Å². The lowest BCUT2D eigenvalue weighted by atomic mass is 10.1. The third-order valence-corrected chi connectivity index (χ3v) is 6.58. The number of aryl methyl sites for hydroxylation is 2. The standard InChI is InChI=1S/C25H26FN3O5S/c1-6-22(30)19-13-29(14-20(27-5)24(19)31)21-12-18(28-35(32,33)7-2)8-9-23(21)34-25-15(3)10-17(26)11-16(25)4/h6,8-14,27-28H,1,7H2,2-5H3. The van der Waals surface area contributed by atoms with Crippen LogP contribution >= 0.6 is 0 Å². The van der Waals surface area contributed by atoms with Gasteiger partial charge >= 0.3 is 0 Å². The molecule has 2 N–H and O–H groups in total. The largest absolute Gasteiger partial charge is 0.455 e. The van der Waals surface area contributed by atoms with Crippen LogP contribution in [0, 0.1) is 19.7 Å². The van der Waals surface area contributed by atoms with Crippen LogP contribution in [0.15, 0.2) is 60.2 Å². The van der Waals surface area contributed by atoms with Crippen LogP contribution in [-0.4, -0.2) is 31.6 Å². The van der Waals surface area contributed by atoms with Gasteiger partial charge in [0.05, 0.1) is 28.4 Å². The monoisotopic (exact) mass is 499 g/mol. The lowest BCUT2D eigenvalue weighted by Crippen LogP contribution is -2.20. The summed E-state index contributed by atoms with van der Waals surface area (Å²) in [6.45, 7) is 8.36. The number of pyridine rings is 1. The van der Waals surface area contributed by atoms with Crippen LogP contribution in [0.2, 0.25) is 0 Å². The van der Waals surface area contributed by atoms with Crippen molar-refractivity contribution in [2.24, 2.45) is 0 Å². The molecule has 10 heteroatoms. The Morgan fingerprint density at radius 3 is 2.40 bits per heavy atom. The van der Waals surface area contributed by atoms with E-state index in [2.05, 4.69) is 16.6 Å². The number of sulfonamides is 1. The van der Waals surface area contributed by atoms with Crippen LogP contribution in [0.25, 0.3) is 5.69 Å². The molecule has 0 aliphatic heterocycles. The van der Waals surface area contributed by atoms with Crippen LogP contribution in [0.1, 0.15) is 28.4 Å². The van der Waals surface area contributed by atoms with Crippen LogP contribution in [0.3, 0.4) is 0 Å². The molecule has 8 nitrogen and oxygen atoms in total. The fraction of sp³-hybridized carbons (Fsp3) is 0.200. The summed E-state index contributed by atoms with van der Waals surface area (Å²) in [5.74, 6) is -0.397. The first-order valence-electron chi connectivity index (χ1n) is 10.7. The van der Waals surface area contributed by atoms with E-state index in [-0.39, 0.29) is 28.4 Å². The number of halogens is 1. The fourth-order valence-corrected chi connectivity index (χ4v) is 4.10. The number of carbonyl (C=O) groups is 1. The molecule has 0 spiro atoms. The van der Waals surface area contributed by atoms with Gasteiger partial charge in [-0.3, -0.25) is 14.3 Å². The molecule has 0 amide bonds. The molecule has 0 bridgehead atoms. The number of hydrogen-bond acceptors (Lipinski definition) is 6. The van der Waals surface area contributed by atoms with Gasteiger partial charge in [-0.25, -0.2) is 12.8 Å². The first-order chi connectivity index (χ1) is 16.5. The molecule has 35 heavy (non-hydrogen) atoms. The molecule has 184 valence electrons. The molecule has 0 saturated carbocycles. The molecule has 0 aliphatic carbocycles. The molecule has 1 heterocycles. The van der Waals surface area contributed by atoms with Crippen molar-refractivity contribution in [1.82, 2.24) is 4.57 Å². The molecule has 2 aromatic carbocycles. The molecule has 0 atom stereocenters. The average molecular weight is 500 g/mol. The van der Waals surface area contributed by atoms with Gasteiger partial charge in [0.15, 0.2) is 11.5 Å². The number of ketones is 1. The summed E-state index contributed by atoms with van der Waals surface area (Å²) in [5.41, 5.74) is 1.19. The van der Waals surface area contributed by atoms with E-state index >= 15 is 0 Å². The third kappa shape index (κ3) is 5.60. The maximum atomic E-state index is 13.8. The Hall–Kier alpha value is -3.92.